The Morgan fingerprint density at radius 1 is 0.879 bits per heavy atom. The zero-order chi connectivity index (χ0) is 22.4. The zero-order valence-corrected chi connectivity index (χ0v) is 19.6. The van der Waals surface area contributed by atoms with Gasteiger partial charge in [-0.05, 0) is 60.7 Å². The SMILES string of the molecule is O=C(OCC1CCN(Cc2ccccc2)CC1)[C@](O)(c1ccccc1)c1ccc(O)cc1.S. The first-order valence-electron chi connectivity index (χ1n) is 11.1. The first kappa shape index (κ1) is 24.8. The van der Waals surface area contributed by atoms with Crippen LogP contribution in [-0.2, 0) is 21.7 Å². The van der Waals surface area contributed by atoms with Gasteiger partial charge >= 0.3 is 5.97 Å². The summed E-state index contributed by atoms with van der Waals surface area (Å²) in [5.41, 5.74) is 0.180. The van der Waals surface area contributed by atoms with E-state index in [4.69, 9.17) is 4.74 Å². The molecule has 1 heterocycles. The van der Waals surface area contributed by atoms with E-state index in [9.17, 15) is 15.0 Å². The summed E-state index contributed by atoms with van der Waals surface area (Å²) in [6.45, 7) is 3.13. The van der Waals surface area contributed by atoms with Gasteiger partial charge in [-0.3, -0.25) is 4.90 Å². The lowest BCUT2D eigenvalue weighted by Crippen LogP contribution is -2.40. The summed E-state index contributed by atoms with van der Waals surface area (Å²) in [4.78, 5) is 15.6. The van der Waals surface area contributed by atoms with E-state index in [-0.39, 0.29) is 31.8 Å². The van der Waals surface area contributed by atoms with Gasteiger partial charge < -0.3 is 14.9 Å². The highest BCUT2D eigenvalue weighted by Gasteiger charge is 2.42. The maximum absolute atomic E-state index is 13.2. The van der Waals surface area contributed by atoms with Crippen molar-refractivity contribution < 1.29 is 19.7 Å². The second kappa shape index (κ2) is 11.4. The van der Waals surface area contributed by atoms with Crippen LogP contribution in [0.3, 0.4) is 0 Å². The number of carbonyl (C=O) groups excluding carboxylic acids is 1. The summed E-state index contributed by atoms with van der Waals surface area (Å²) >= 11 is 0. The van der Waals surface area contributed by atoms with Gasteiger partial charge in [-0.2, -0.15) is 13.5 Å². The third-order valence-electron chi connectivity index (χ3n) is 6.18. The van der Waals surface area contributed by atoms with Gasteiger partial charge in [-0.1, -0.05) is 72.8 Å². The van der Waals surface area contributed by atoms with E-state index in [1.807, 2.05) is 12.1 Å². The first-order valence-corrected chi connectivity index (χ1v) is 11.1. The number of phenolic OH excluding ortho intramolecular Hbond substituents is 1. The van der Waals surface area contributed by atoms with Gasteiger partial charge in [0.05, 0.1) is 6.61 Å². The lowest BCUT2D eigenvalue weighted by molar-refractivity contribution is -0.164. The van der Waals surface area contributed by atoms with Crippen LogP contribution in [0.5, 0.6) is 5.75 Å². The molecule has 0 spiro atoms. The molecule has 174 valence electrons. The maximum atomic E-state index is 13.2. The molecule has 3 aromatic carbocycles. The molecule has 3 aromatic rings. The molecule has 33 heavy (non-hydrogen) atoms. The fourth-order valence-electron chi connectivity index (χ4n) is 4.24. The van der Waals surface area contributed by atoms with Gasteiger partial charge in [0.2, 0.25) is 5.60 Å². The van der Waals surface area contributed by atoms with Gasteiger partial charge in [0.25, 0.3) is 0 Å². The van der Waals surface area contributed by atoms with Crippen molar-refractivity contribution in [3.05, 3.63) is 102 Å². The predicted octanol–water partition coefficient (Wildman–Crippen LogP) is 4.20. The molecule has 0 aromatic heterocycles. The Morgan fingerprint density at radius 2 is 1.42 bits per heavy atom. The van der Waals surface area contributed by atoms with Crippen molar-refractivity contribution in [2.24, 2.45) is 5.92 Å². The molecule has 1 aliphatic heterocycles. The number of hydrogen-bond acceptors (Lipinski definition) is 5. The van der Waals surface area contributed by atoms with Crippen LogP contribution in [0.15, 0.2) is 84.9 Å². The molecule has 0 unspecified atom stereocenters. The fourth-order valence-corrected chi connectivity index (χ4v) is 4.24. The number of nitrogens with zero attached hydrogens (tertiary/aromatic N) is 1. The number of benzene rings is 3. The Hall–Kier alpha value is -2.80. The van der Waals surface area contributed by atoms with Crippen LogP contribution in [0.2, 0.25) is 0 Å². The van der Waals surface area contributed by atoms with E-state index in [0.29, 0.717) is 11.1 Å². The topological polar surface area (TPSA) is 70.0 Å². The number of rotatable bonds is 7. The highest BCUT2D eigenvalue weighted by Crippen LogP contribution is 2.32. The lowest BCUT2D eigenvalue weighted by atomic mass is 9.86. The van der Waals surface area contributed by atoms with Crippen LogP contribution < -0.4 is 0 Å². The second-order valence-corrected chi connectivity index (χ2v) is 8.43. The van der Waals surface area contributed by atoms with E-state index < -0.39 is 11.6 Å². The summed E-state index contributed by atoms with van der Waals surface area (Å²) < 4.78 is 5.67. The molecule has 0 bridgehead atoms. The average molecular weight is 466 g/mol. The summed E-state index contributed by atoms with van der Waals surface area (Å²) in [7, 11) is 0. The Kier molecular flexibility index (Phi) is 8.55. The standard InChI is InChI=1S/C27H29NO4.H2S/c29-25-13-11-24(12-14-25)27(31,23-9-5-2-6-10-23)26(30)32-20-22-15-17-28(18-16-22)19-21-7-3-1-4-8-21;/h1-14,22,29,31H,15-20H2;1H2/t27-;/m0./s1. The van der Waals surface area contributed by atoms with Crippen LogP contribution in [0.25, 0.3) is 0 Å². The quantitative estimate of drug-likeness (QED) is 0.512. The zero-order valence-electron chi connectivity index (χ0n) is 18.6. The Morgan fingerprint density at radius 3 is 2.03 bits per heavy atom. The molecule has 1 atom stereocenters. The minimum absolute atomic E-state index is 0. The minimum Gasteiger partial charge on any atom is -0.508 e. The fraction of sp³-hybridized carbons (Fsp3) is 0.296. The van der Waals surface area contributed by atoms with Crippen molar-refractivity contribution in [1.82, 2.24) is 4.90 Å². The van der Waals surface area contributed by atoms with Crippen LogP contribution in [0.4, 0.5) is 0 Å². The van der Waals surface area contributed by atoms with E-state index in [1.165, 1.54) is 17.7 Å². The molecule has 2 N–H and O–H groups in total. The Balaban J connectivity index is 0.00000306. The summed E-state index contributed by atoms with van der Waals surface area (Å²) in [5, 5.41) is 21.1. The molecule has 5 nitrogen and oxygen atoms in total. The first-order chi connectivity index (χ1) is 15.6. The van der Waals surface area contributed by atoms with Gasteiger partial charge in [0, 0.05) is 6.54 Å². The molecule has 0 amide bonds. The molecule has 1 fully saturated rings. The van der Waals surface area contributed by atoms with E-state index in [2.05, 4.69) is 29.2 Å². The molecule has 4 rings (SSSR count). The Labute approximate surface area is 202 Å². The van der Waals surface area contributed by atoms with Crippen molar-refractivity contribution in [2.45, 2.75) is 25.0 Å². The number of aliphatic hydroxyl groups is 1. The minimum atomic E-state index is -1.93. The number of aromatic hydroxyl groups is 1. The number of likely N-dealkylation sites (tertiary alicyclic amines) is 1. The predicted molar refractivity (Wildman–Crippen MR) is 133 cm³/mol. The van der Waals surface area contributed by atoms with E-state index in [1.54, 1.807) is 36.4 Å². The maximum Gasteiger partial charge on any atom is 0.347 e. The molecule has 6 heteroatoms. The number of phenols is 1. The summed E-state index contributed by atoms with van der Waals surface area (Å²) in [6, 6.07) is 25.2. The summed E-state index contributed by atoms with van der Waals surface area (Å²) in [6.07, 6.45) is 1.90. The van der Waals surface area contributed by atoms with Crippen LogP contribution >= 0.6 is 13.5 Å². The molecule has 0 saturated carbocycles. The van der Waals surface area contributed by atoms with Crippen molar-refractivity contribution in [3.63, 3.8) is 0 Å². The smallest absolute Gasteiger partial charge is 0.347 e. The molecule has 1 aliphatic rings. The van der Waals surface area contributed by atoms with Crippen LogP contribution in [0.1, 0.15) is 29.5 Å². The van der Waals surface area contributed by atoms with Gasteiger partial charge in [0.15, 0.2) is 0 Å². The highest BCUT2D eigenvalue weighted by molar-refractivity contribution is 7.59. The largest absolute Gasteiger partial charge is 0.508 e. The van der Waals surface area contributed by atoms with Gasteiger partial charge in [-0.15, -0.1) is 0 Å². The van der Waals surface area contributed by atoms with Crippen molar-refractivity contribution >= 4 is 19.5 Å². The van der Waals surface area contributed by atoms with Crippen molar-refractivity contribution in [2.75, 3.05) is 19.7 Å². The third-order valence-corrected chi connectivity index (χ3v) is 6.18. The third kappa shape index (κ3) is 5.96. The van der Waals surface area contributed by atoms with E-state index in [0.717, 1.165) is 32.5 Å². The van der Waals surface area contributed by atoms with Crippen molar-refractivity contribution in [3.8, 4) is 5.75 Å². The van der Waals surface area contributed by atoms with Gasteiger partial charge in [0.1, 0.15) is 5.75 Å². The molecule has 1 saturated heterocycles. The number of hydrogen-bond donors (Lipinski definition) is 2. The number of ether oxygens (including phenoxy) is 1. The molecular formula is C27H31NO4S. The molecule has 0 radical (unpaired) electrons. The number of piperidine rings is 1. The monoisotopic (exact) mass is 465 g/mol. The Bertz CT molecular complexity index is 1010. The van der Waals surface area contributed by atoms with Crippen LogP contribution in [-0.4, -0.2) is 40.8 Å². The highest BCUT2D eigenvalue weighted by atomic mass is 32.1. The number of esters is 1. The normalized spacial score (nSPS) is 16.4. The van der Waals surface area contributed by atoms with Gasteiger partial charge in [-0.25, -0.2) is 4.79 Å². The number of carbonyl (C=O) groups is 1. The second-order valence-electron chi connectivity index (χ2n) is 8.43. The summed E-state index contributed by atoms with van der Waals surface area (Å²) in [5.74, 6) is -0.355. The molecular weight excluding hydrogens is 434 g/mol. The van der Waals surface area contributed by atoms with Crippen LogP contribution in [0, 0.1) is 5.92 Å². The van der Waals surface area contributed by atoms with Crippen molar-refractivity contribution in [1.29, 1.82) is 0 Å². The molecule has 0 aliphatic carbocycles. The lowest BCUT2D eigenvalue weighted by Gasteiger charge is -2.33. The van der Waals surface area contributed by atoms with E-state index >= 15 is 0 Å². The average Bonchev–Trinajstić information content (AvgIpc) is 2.84.